The van der Waals surface area contributed by atoms with Crippen molar-refractivity contribution < 1.29 is 18.3 Å². The van der Waals surface area contributed by atoms with Crippen LogP contribution in [-0.2, 0) is 0 Å². The van der Waals surface area contributed by atoms with Gasteiger partial charge >= 0.3 is 0 Å². The van der Waals surface area contributed by atoms with Crippen LogP contribution >= 0.6 is 0 Å². The number of carbonyl (C=O) groups is 1. The molecule has 0 unspecified atom stereocenters. The van der Waals surface area contributed by atoms with Crippen molar-refractivity contribution >= 4 is 11.7 Å². The van der Waals surface area contributed by atoms with Crippen LogP contribution in [0, 0.1) is 18.6 Å². The monoisotopic (exact) mass is 362 g/mol. The summed E-state index contributed by atoms with van der Waals surface area (Å²) in [5.41, 5.74) is -0.208. The number of aromatic nitrogens is 2. The van der Waals surface area contributed by atoms with Crippen LogP contribution < -0.4 is 15.0 Å². The minimum Gasteiger partial charge on any atom is -0.476 e. The van der Waals surface area contributed by atoms with Gasteiger partial charge in [-0.3, -0.25) is 4.79 Å². The molecule has 1 aromatic heterocycles. The Balaban J connectivity index is 1.52. The van der Waals surface area contributed by atoms with Gasteiger partial charge in [0.25, 0.3) is 5.91 Å². The Bertz CT molecular complexity index is 795. The van der Waals surface area contributed by atoms with Crippen LogP contribution in [0.4, 0.5) is 14.6 Å². The summed E-state index contributed by atoms with van der Waals surface area (Å²) in [6.07, 6.45) is 2.29. The van der Waals surface area contributed by atoms with Crippen molar-refractivity contribution in [3.63, 3.8) is 0 Å². The molecule has 0 atom stereocenters. The van der Waals surface area contributed by atoms with Crippen molar-refractivity contribution in [1.82, 2.24) is 15.3 Å². The van der Waals surface area contributed by atoms with Crippen LogP contribution in [-0.4, -0.2) is 42.1 Å². The first-order chi connectivity index (χ1) is 12.5. The average molecular weight is 362 g/mol. The van der Waals surface area contributed by atoms with Crippen molar-refractivity contribution in [2.45, 2.75) is 19.8 Å². The second-order valence-corrected chi connectivity index (χ2v) is 6.03. The lowest BCUT2D eigenvalue weighted by atomic mass is 10.2. The molecule has 2 heterocycles. The minimum atomic E-state index is -0.898. The summed E-state index contributed by atoms with van der Waals surface area (Å²) in [5.74, 6) is -0.367. The van der Waals surface area contributed by atoms with E-state index in [1.165, 1.54) is 0 Å². The van der Waals surface area contributed by atoms with Crippen molar-refractivity contribution in [3.05, 3.63) is 47.3 Å². The van der Waals surface area contributed by atoms with Crippen LogP contribution in [0.5, 0.6) is 5.88 Å². The van der Waals surface area contributed by atoms with Gasteiger partial charge in [0.1, 0.15) is 29.9 Å². The van der Waals surface area contributed by atoms with Gasteiger partial charge in [-0.1, -0.05) is 0 Å². The average Bonchev–Trinajstić information content (AvgIpc) is 3.13. The van der Waals surface area contributed by atoms with Crippen molar-refractivity contribution in [2.75, 3.05) is 31.1 Å². The highest BCUT2D eigenvalue weighted by Crippen LogP contribution is 2.21. The number of benzene rings is 1. The number of nitrogens with zero attached hydrogens (tertiary/aromatic N) is 3. The number of ether oxygens (including phenoxy) is 1. The number of rotatable bonds is 6. The molecule has 1 aliphatic rings. The van der Waals surface area contributed by atoms with E-state index >= 15 is 0 Å². The lowest BCUT2D eigenvalue weighted by Crippen LogP contribution is -2.29. The molecule has 0 radical (unpaired) electrons. The lowest BCUT2D eigenvalue weighted by Gasteiger charge is -2.17. The van der Waals surface area contributed by atoms with Gasteiger partial charge in [0, 0.05) is 25.2 Å². The smallest absolute Gasteiger partial charge is 0.254 e. The van der Waals surface area contributed by atoms with Gasteiger partial charge in [0.2, 0.25) is 5.88 Å². The number of amides is 1. The van der Waals surface area contributed by atoms with Crippen LogP contribution in [0.15, 0.2) is 24.3 Å². The lowest BCUT2D eigenvalue weighted by molar-refractivity contribution is 0.0942. The van der Waals surface area contributed by atoms with Gasteiger partial charge in [0.15, 0.2) is 0 Å². The zero-order valence-electron chi connectivity index (χ0n) is 14.5. The fraction of sp³-hybridized carbons (Fsp3) is 0.389. The summed E-state index contributed by atoms with van der Waals surface area (Å²) < 4.78 is 32.0. The maximum absolute atomic E-state index is 13.6. The van der Waals surface area contributed by atoms with Gasteiger partial charge in [-0.2, -0.15) is 4.98 Å². The summed E-state index contributed by atoms with van der Waals surface area (Å²) in [6, 6.07) is 4.60. The molecule has 0 aliphatic carbocycles. The highest BCUT2D eigenvalue weighted by Gasteiger charge is 2.16. The van der Waals surface area contributed by atoms with Crippen LogP contribution in [0.1, 0.15) is 29.0 Å². The van der Waals surface area contributed by atoms with Crippen LogP contribution in [0.3, 0.4) is 0 Å². The van der Waals surface area contributed by atoms with Gasteiger partial charge in [-0.05, 0) is 31.9 Å². The molecule has 0 spiro atoms. The Hall–Kier alpha value is -2.77. The third-order valence-electron chi connectivity index (χ3n) is 4.04. The first kappa shape index (κ1) is 18.0. The van der Waals surface area contributed by atoms with Gasteiger partial charge < -0.3 is 15.0 Å². The highest BCUT2D eigenvalue weighted by atomic mass is 19.1. The predicted molar refractivity (Wildman–Crippen MR) is 92.4 cm³/mol. The van der Waals surface area contributed by atoms with E-state index in [0.29, 0.717) is 17.8 Å². The summed E-state index contributed by atoms with van der Waals surface area (Å²) in [6.45, 7) is 4.07. The van der Waals surface area contributed by atoms with Crippen molar-refractivity contribution in [1.29, 1.82) is 0 Å². The number of anilines is 1. The zero-order chi connectivity index (χ0) is 18.5. The van der Waals surface area contributed by atoms with Crippen LogP contribution in [0.25, 0.3) is 0 Å². The van der Waals surface area contributed by atoms with Crippen molar-refractivity contribution in [3.8, 4) is 5.88 Å². The molecule has 3 rings (SSSR count). The largest absolute Gasteiger partial charge is 0.476 e. The van der Waals surface area contributed by atoms with E-state index in [4.69, 9.17) is 4.74 Å². The van der Waals surface area contributed by atoms with E-state index in [1.54, 1.807) is 13.0 Å². The number of hydrogen-bond donors (Lipinski definition) is 1. The van der Waals surface area contributed by atoms with E-state index < -0.39 is 17.5 Å². The highest BCUT2D eigenvalue weighted by molar-refractivity contribution is 5.94. The number of aryl methyl sites for hydroxylation is 1. The van der Waals surface area contributed by atoms with Gasteiger partial charge in [0.05, 0.1) is 12.1 Å². The van der Waals surface area contributed by atoms with E-state index in [1.807, 2.05) is 0 Å². The number of carbonyl (C=O) groups excluding carboxylic acids is 1. The molecule has 1 N–H and O–H groups in total. The third-order valence-corrected chi connectivity index (χ3v) is 4.04. The second-order valence-electron chi connectivity index (χ2n) is 6.03. The van der Waals surface area contributed by atoms with E-state index in [2.05, 4.69) is 20.2 Å². The second kappa shape index (κ2) is 8.07. The molecule has 2 aromatic rings. The van der Waals surface area contributed by atoms with E-state index in [9.17, 15) is 13.6 Å². The number of nitrogens with one attached hydrogen (secondary N) is 1. The Labute approximate surface area is 150 Å². The first-order valence-corrected chi connectivity index (χ1v) is 8.49. The Morgan fingerprint density at radius 2 is 2.00 bits per heavy atom. The standard InChI is InChI=1S/C18H20F2N4O2/c1-12-22-16(24-7-2-3-8-24)11-17(23-12)26-9-6-21-18(25)14-5-4-13(19)10-15(14)20/h4-5,10-11H,2-3,6-9H2,1H3,(H,21,25). The molecule has 0 bridgehead atoms. The quantitative estimate of drug-likeness (QED) is 0.800. The zero-order valence-corrected chi connectivity index (χ0v) is 14.5. The summed E-state index contributed by atoms with van der Waals surface area (Å²) in [5, 5.41) is 2.53. The van der Waals surface area contributed by atoms with Crippen molar-refractivity contribution in [2.24, 2.45) is 0 Å². The molecule has 1 amide bonds. The summed E-state index contributed by atoms with van der Waals surface area (Å²) >= 11 is 0. The third kappa shape index (κ3) is 4.44. The molecular weight excluding hydrogens is 342 g/mol. The maximum atomic E-state index is 13.6. The molecule has 1 aromatic carbocycles. The van der Waals surface area contributed by atoms with E-state index in [-0.39, 0.29) is 18.7 Å². The molecule has 8 heteroatoms. The van der Waals surface area contributed by atoms with Crippen LogP contribution in [0.2, 0.25) is 0 Å². The topological polar surface area (TPSA) is 67.3 Å². The molecule has 1 aliphatic heterocycles. The molecule has 1 saturated heterocycles. The van der Waals surface area contributed by atoms with Gasteiger partial charge in [-0.15, -0.1) is 0 Å². The first-order valence-electron chi connectivity index (χ1n) is 8.49. The maximum Gasteiger partial charge on any atom is 0.254 e. The Kier molecular flexibility index (Phi) is 5.60. The molecular formula is C18H20F2N4O2. The Morgan fingerprint density at radius 3 is 2.73 bits per heavy atom. The number of hydrogen-bond acceptors (Lipinski definition) is 5. The number of halogens is 2. The molecule has 26 heavy (non-hydrogen) atoms. The normalized spacial score (nSPS) is 13.7. The fourth-order valence-corrected chi connectivity index (χ4v) is 2.80. The summed E-state index contributed by atoms with van der Waals surface area (Å²) in [7, 11) is 0. The molecule has 6 nitrogen and oxygen atoms in total. The molecule has 1 fully saturated rings. The predicted octanol–water partition coefficient (Wildman–Crippen LogP) is 2.47. The summed E-state index contributed by atoms with van der Waals surface area (Å²) in [4.78, 5) is 22.7. The SMILES string of the molecule is Cc1nc(OCCNC(=O)c2ccc(F)cc2F)cc(N2CCCC2)n1. The molecule has 138 valence electrons. The van der Waals surface area contributed by atoms with E-state index in [0.717, 1.165) is 43.9 Å². The Morgan fingerprint density at radius 1 is 1.23 bits per heavy atom. The minimum absolute atomic E-state index is 0.164. The molecule has 0 saturated carbocycles. The fourth-order valence-electron chi connectivity index (χ4n) is 2.80. The van der Waals surface area contributed by atoms with Gasteiger partial charge in [-0.25, -0.2) is 13.8 Å².